The summed E-state index contributed by atoms with van der Waals surface area (Å²) in [6, 6.07) is 3.13. The van der Waals surface area contributed by atoms with Crippen molar-refractivity contribution in [2.75, 3.05) is 13.1 Å². The number of rotatable bonds is 1. The van der Waals surface area contributed by atoms with Crippen molar-refractivity contribution in [3.8, 4) is 0 Å². The highest BCUT2D eigenvalue weighted by Crippen LogP contribution is 2.27. The number of likely N-dealkylation sites (tertiary alicyclic amines) is 1. The van der Waals surface area contributed by atoms with Crippen molar-refractivity contribution in [2.24, 2.45) is 0 Å². The standard InChI is InChI=1S/C13H11ClFN3O3/c14-7-1-2-9(15)8(5-7)10(19)18-4-3-13(6-18)11(20)16-12(21)17-13/h1-2,5H,3-4,6H2,(H2,16,17,20,21). The number of hydrogen-bond acceptors (Lipinski definition) is 3. The molecule has 4 amide bonds. The first-order valence-electron chi connectivity index (χ1n) is 6.29. The molecule has 6 nitrogen and oxygen atoms in total. The SMILES string of the molecule is O=C1NC(=O)C2(CCN(C(=O)c3cc(Cl)ccc3F)C2)N1. The zero-order chi connectivity index (χ0) is 15.2. The molecule has 8 heteroatoms. The topological polar surface area (TPSA) is 78.5 Å². The lowest BCUT2D eigenvalue weighted by atomic mass is 9.99. The van der Waals surface area contributed by atoms with Gasteiger partial charge in [-0.2, -0.15) is 0 Å². The molecule has 0 saturated carbocycles. The second kappa shape index (κ2) is 4.70. The van der Waals surface area contributed by atoms with Crippen molar-refractivity contribution in [3.05, 3.63) is 34.6 Å². The third-order valence-electron chi connectivity index (χ3n) is 3.73. The molecule has 2 fully saturated rings. The molecule has 1 aromatic carbocycles. The Kier molecular flexibility index (Phi) is 3.09. The number of urea groups is 1. The van der Waals surface area contributed by atoms with Crippen LogP contribution in [0.5, 0.6) is 0 Å². The normalized spacial score (nSPS) is 24.4. The van der Waals surface area contributed by atoms with E-state index in [9.17, 15) is 18.8 Å². The number of hydrogen-bond donors (Lipinski definition) is 2. The van der Waals surface area contributed by atoms with Crippen LogP contribution in [-0.4, -0.2) is 41.4 Å². The van der Waals surface area contributed by atoms with Crippen molar-refractivity contribution in [1.82, 2.24) is 15.5 Å². The van der Waals surface area contributed by atoms with E-state index < -0.39 is 29.2 Å². The number of benzene rings is 1. The Labute approximate surface area is 124 Å². The summed E-state index contributed by atoms with van der Waals surface area (Å²) in [6.07, 6.45) is 0.290. The molecule has 2 aliphatic heterocycles. The molecule has 3 rings (SSSR count). The second-order valence-electron chi connectivity index (χ2n) is 5.09. The van der Waals surface area contributed by atoms with Gasteiger partial charge in [0.15, 0.2) is 0 Å². The number of amides is 4. The van der Waals surface area contributed by atoms with Crippen LogP contribution in [0.2, 0.25) is 5.02 Å². The summed E-state index contributed by atoms with van der Waals surface area (Å²) in [7, 11) is 0. The molecule has 2 aliphatic rings. The summed E-state index contributed by atoms with van der Waals surface area (Å²) in [4.78, 5) is 36.7. The molecule has 110 valence electrons. The van der Waals surface area contributed by atoms with Crippen molar-refractivity contribution < 1.29 is 18.8 Å². The van der Waals surface area contributed by atoms with E-state index in [4.69, 9.17) is 11.6 Å². The molecule has 0 aromatic heterocycles. The zero-order valence-electron chi connectivity index (χ0n) is 10.8. The minimum atomic E-state index is -1.11. The highest BCUT2D eigenvalue weighted by molar-refractivity contribution is 6.31. The molecule has 2 heterocycles. The first kappa shape index (κ1) is 13.8. The highest BCUT2D eigenvalue weighted by atomic mass is 35.5. The van der Waals surface area contributed by atoms with Crippen LogP contribution in [-0.2, 0) is 4.79 Å². The van der Waals surface area contributed by atoms with Crippen molar-refractivity contribution in [1.29, 1.82) is 0 Å². The van der Waals surface area contributed by atoms with Gasteiger partial charge in [-0.1, -0.05) is 11.6 Å². The molecule has 0 bridgehead atoms. The summed E-state index contributed by atoms with van der Waals surface area (Å²) >= 11 is 5.77. The van der Waals surface area contributed by atoms with Gasteiger partial charge in [0.05, 0.1) is 12.1 Å². The molecule has 1 unspecified atom stereocenters. The summed E-state index contributed by atoms with van der Waals surface area (Å²) < 4.78 is 13.7. The van der Waals surface area contributed by atoms with Crippen molar-refractivity contribution in [3.63, 3.8) is 0 Å². The van der Waals surface area contributed by atoms with E-state index in [1.54, 1.807) is 0 Å². The molecule has 21 heavy (non-hydrogen) atoms. The van der Waals surface area contributed by atoms with Gasteiger partial charge in [-0.3, -0.25) is 14.9 Å². The maximum absolute atomic E-state index is 13.7. The summed E-state index contributed by atoms with van der Waals surface area (Å²) in [5.41, 5.74) is -1.26. The summed E-state index contributed by atoms with van der Waals surface area (Å²) in [5.74, 6) is -1.69. The number of nitrogens with one attached hydrogen (secondary N) is 2. The van der Waals surface area contributed by atoms with E-state index >= 15 is 0 Å². The monoisotopic (exact) mass is 311 g/mol. The number of nitrogens with zero attached hydrogens (tertiary/aromatic N) is 1. The first-order chi connectivity index (χ1) is 9.91. The molecule has 2 saturated heterocycles. The maximum Gasteiger partial charge on any atom is 0.322 e. The van der Waals surface area contributed by atoms with Crippen molar-refractivity contribution in [2.45, 2.75) is 12.0 Å². The van der Waals surface area contributed by atoms with E-state index in [-0.39, 0.29) is 23.7 Å². The van der Waals surface area contributed by atoms with Gasteiger partial charge in [0.25, 0.3) is 11.8 Å². The Morgan fingerprint density at radius 1 is 1.38 bits per heavy atom. The van der Waals surface area contributed by atoms with Gasteiger partial charge >= 0.3 is 6.03 Å². The van der Waals surface area contributed by atoms with Gasteiger partial charge in [0.1, 0.15) is 11.4 Å². The van der Waals surface area contributed by atoms with Crippen LogP contribution in [0, 0.1) is 5.82 Å². The third-order valence-corrected chi connectivity index (χ3v) is 3.96. The molecule has 1 atom stereocenters. The van der Waals surface area contributed by atoms with Crippen LogP contribution in [0.4, 0.5) is 9.18 Å². The van der Waals surface area contributed by atoms with Gasteiger partial charge in [0, 0.05) is 11.6 Å². The molecule has 0 radical (unpaired) electrons. The van der Waals surface area contributed by atoms with Crippen LogP contribution >= 0.6 is 11.6 Å². The molecular weight excluding hydrogens is 301 g/mol. The minimum absolute atomic E-state index is 0.00929. The molecular formula is C13H11ClFN3O3. The molecule has 1 spiro atoms. The van der Waals surface area contributed by atoms with Gasteiger partial charge in [-0.25, -0.2) is 9.18 Å². The average Bonchev–Trinajstić information content (AvgIpc) is 2.97. The lowest BCUT2D eigenvalue weighted by Gasteiger charge is -2.21. The first-order valence-corrected chi connectivity index (χ1v) is 6.67. The smallest absolute Gasteiger partial charge is 0.322 e. The minimum Gasteiger partial charge on any atom is -0.336 e. The van der Waals surface area contributed by atoms with Crippen LogP contribution < -0.4 is 10.6 Å². The van der Waals surface area contributed by atoms with Gasteiger partial charge in [-0.05, 0) is 24.6 Å². The predicted molar refractivity (Wildman–Crippen MR) is 71.3 cm³/mol. The third kappa shape index (κ3) is 2.23. The van der Waals surface area contributed by atoms with E-state index in [2.05, 4.69) is 10.6 Å². The number of imide groups is 1. The number of carbonyl (C=O) groups is 3. The van der Waals surface area contributed by atoms with Crippen LogP contribution in [0.15, 0.2) is 18.2 Å². The Morgan fingerprint density at radius 2 is 2.14 bits per heavy atom. The van der Waals surface area contributed by atoms with Crippen LogP contribution in [0.25, 0.3) is 0 Å². The molecule has 0 aliphatic carbocycles. The fourth-order valence-electron chi connectivity index (χ4n) is 2.63. The Balaban J connectivity index is 1.83. The Morgan fingerprint density at radius 3 is 2.81 bits per heavy atom. The van der Waals surface area contributed by atoms with E-state index in [0.29, 0.717) is 6.42 Å². The van der Waals surface area contributed by atoms with Gasteiger partial charge in [-0.15, -0.1) is 0 Å². The van der Waals surface area contributed by atoms with Gasteiger partial charge < -0.3 is 10.2 Å². The van der Waals surface area contributed by atoms with Crippen molar-refractivity contribution >= 4 is 29.4 Å². The van der Waals surface area contributed by atoms with Gasteiger partial charge in [0.2, 0.25) is 0 Å². The fourth-order valence-corrected chi connectivity index (χ4v) is 2.80. The Bertz CT molecular complexity index is 666. The quantitative estimate of drug-likeness (QED) is 0.757. The predicted octanol–water partition coefficient (Wildman–Crippen LogP) is 0.903. The highest BCUT2D eigenvalue weighted by Gasteiger charge is 2.51. The second-order valence-corrected chi connectivity index (χ2v) is 5.53. The fraction of sp³-hybridized carbons (Fsp3) is 0.308. The summed E-state index contributed by atoms with van der Waals surface area (Å²) in [5, 5.41) is 4.93. The molecule has 1 aromatic rings. The number of carbonyl (C=O) groups excluding carboxylic acids is 3. The largest absolute Gasteiger partial charge is 0.336 e. The Hall–Kier alpha value is -2.15. The molecule has 2 N–H and O–H groups in total. The maximum atomic E-state index is 13.7. The summed E-state index contributed by atoms with van der Waals surface area (Å²) in [6.45, 7) is 0.258. The van der Waals surface area contributed by atoms with E-state index in [1.165, 1.54) is 17.0 Å². The number of halogens is 2. The zero-order valence-corrected chi connectivity index (χ0v) is 11.5. The van der Waals surface area contributed by atoms with E-state index in [1.807, 2.05) is 0 Å². The lowest BCUT2D eigenvalue weighted by Crippen LogP contribution is -2.49. The van der Waals surface area contributed by atoms with Crippen LogP contribution in [0.1, 0.15) is 16.8 Å². The van der Waals surface area contributed by atoms with Crippen LogP contribution in [0.3, 0.4) is 0 Å². The average molecular weight is 312 g/mol. The lowest BCUT2D eigenvalue weighted by molar-refractivity contribution is -0.123. The van der Waals surface area contributed by atoms with E-state index in [0.717, 1.165) is 6.07 Å².